The van der Waals surface area contributed by atoms with E-state index in [1.165, 1.54) is 38.9 Å². The molecule has 0 aliphatic heterocycles. The fraction of sp³-hybridized carbons (Fsp3) is 0.0169. The number of furan rings is 1. The third-order valence-corrected chi connectivity index (χ3v) is 12.6. The molecule has 0 bridgehead atoms. The highest BCUT2D eigenvalue weighted by Crippen LogP contribution is 2.56. The van der Waals surface area contributed by atoms with E-state index >= 15 is 0 Å². The largest absolute Gasteiger partial charge is 0.456 e. The zero-order valence-electron chi connectivity index (χ0n) is 33.7. The molecule has 0 unspecified atom stereocenters. The average Bonchev–Trinajstić information content (AvgIpc) is 3.88. The first-order chi connectivity index (χ1) is 30.7. The van der Waals surface area contributed by atoms with Crippen molar-refractivity contribution in [2.45, 2.75) is 5.41 Å². The minimum Gasteiger partial charge on any atom is -0.456 e. The normalized spacial score (nSPS) is 12.6. The molecule has 0 atom stereocenters. The van der Waals surface area contributed by atoms with E-state index in [2.05, 4.69) is 200 Å². The monoisotopic (exact) mass is 790 g/mol. The van der Waals surface area contributed by atoms with Crippen molar-refractivity contribution < 1.29 is 4.42 Å². The van der Waals surface area contributed by atoms with Crippen LogP contribution >= 0.6 is 0 Å². The molecule has 1 aliphatic carbocycles. The van der Waals surface area contributed by atoms with E-state index < -0.39 is 5.41 Å². The number of hydrogen-bond acceptors (Lipinski definition) is 3. The number of para-hydroxylation sites is 1. The van der Waals surface area contributed by atoms with Gasteiger partial charge in [-0.25, -0.2) is 9.97 Å². The van der Waals surface area contributed by atoms with Crippen LogP contribution in [0.5, 0.6) is 0 Å². The first kappa shape index (κ1) is 35.8. The summed E-state index contributed by atoms with van der Waals surface area (Å²) in [6.07, 6.45) is 0. The molecule has 290 valence electrons. The Bertz CT molecular complexity index is 3400. The quantitative estimate of drug-likeness (QED) is 0.161. The van der Waals surface area contributed by atoms with Gasteiger partial charge in [0.25, 0.3) is 0 Å². The fourth-order valence-corrected chi connectivity index (χ4v) is 9.76. The molecule has 0 saturated heterocycles. The molecule has 0 amide bonds. The van der Waals surface area contributed by atoms with Crippen LogP contribution in [-0.2, 0) is 5.41 Å². The average molecular weight is 791 g/mol. The molecule has 3 heteroatoms. The van der Waals surface area contributed by atoms with Crippen LogP contribution in [0.1, 0.15) is 22.3 Å². The molecule has 0 radical (unpaired) electrons. The van der Waals surface area contributed by atoms with Crippen molar-refractivity contribution in [3.05, 3.63) is 253 Å². The van der Waals surface area contributed by atoms with Gasteiger partial charge in [0.1, 0.15) is 11.2 Å². The number of fused-ring (bicyclic) bond motifs is 6. The number of hydrogen-bond donors (Lipinski definition) is 0. The SMILES string of the molecule is c1ccc(-c2nc(-c3ccc(-c4ccc5c(c4)C(c4ccccc4)(c4ccccc4)c4ccccc4-5)cc3)cc(-c3ccccc3-c3ccc4oc5ccccc5c4c3)n2)cc1. The van der Waals surface area contributed by atoms with Crippen LogP contribution in [-0.4, -0.2) is 9.97 Å². The predicted octanol–water partition coefficient (Wildman–Crippen LogP) is 15.1. The highest BCUT2D eigenvalue weighted by molar-refractivity contribution is 6.06. The van der Waals surface area contributed by atoms with Gasteiger partial charge >= 0.3 is 0 Å². The van der Waals surface area contributed by atoms with Crippen LogP contribution in [0.2, 0.25) is 0 Å². The van der Waals surface area contributed by atoms with E-state index in [1.54, 1.807) is 0 Å². The molecule has 62 heavy (non-hydrogen) atoms. The van der Waals surface area contributed by atoms with E-state index in [0.29, 0.717) is 5.82 Å². The van der Waals surface area contributed by atoms with E-state index in [-0.39, 0.29) is 0 Å². The highest BCUT2D eigenvalue weighted by atomic mass is 16.3. The summed E-state index contributed by atoms with van der Waals surface area (Å²) in [4.78, 5) is 10.4. The van der Waals surface area contributed by atoms with Gasteiger partial charge in [0.15, 0.2) is 5.82 Å². The first-order valence-corrected chi connectivity index (χ1v) is 21.1. The molecular weight excluding hydrogens is 753 g/mol. The Labute approximate surface area is 360 Å². The van der Waals surface area contributed by atoms with Gasteiger partial charge in [-0.3, -0.25) is 0 Å². The molecule has 9 aromatic carbocycles. The van der Waals surface area contributed by atoms with Gasteiger partial charge in [0.05, 0.1) is 16.8 Å². The molecule has 2 aromatic heterocycles. The van der Waals surface area contributed by atoms with Crippen LogP contribution in [0.15, 0.2) is 235 Å². The third kappa shape index (κ3) is 5.74. The van der Waals surface area contributed by atoms with E-state index in [0.717, 1.165) is 66.7 Å². The Kier molecular flexibility index (Phi) is 8.39. The molecular formula is C59H38N2O. The second-order valence-corrected chi connectivity index (χ2v) is 16.0. The van der Waals surface area contributed by atoms with Crippen molar-refractivity contribution in [1.29, 1.82) is 0 Å². The van der Waals surface area contributed by atoms with Gasteiger partial charge in [-0.05, 0) is 86.0 Å². The molecule has 3 nitrogen and oxygen atoms in total. The van der Waals surface area contributed by atoms with Gasteiger partial charge < -0.3 is 4.42 Å². The lowest BCUT2D eigenvalue weighted by Gasteiger charge is -2.34. The zero-order valence-corrected chi connectivity index (χ0v) is 33.7. The Morgan fingerprint density at radius 1 is 0.306 bits per heavy atom. The maximum atomic E-state index is 6.18. The smallest absolute Gasteiger partial charge is 0.160 e. The van der Waals surface area contributed by atoms with Crippen LogP contribution < -0.4 is 0 Å². The topological polar surface area (TPSA) is 38.9 Å². The van der Waals surface area contributed by atoms with Crippen molar-refractivity contribution in [2.24, 2.45) is 0 Å². The van der Waals surface area contributed by atoms with Crippen LogP contribution in [0.25, 0.3) is 89.2 Å². The maximum Gasteiger partial charge on any atom is 0.160 e. The lowest BCUT2D eigenvalue weighted by molar-refractivity contribution is 0.669. The van der Waals surface area contributed by atoms with Crippen molar-refractivity contribution in [3.8, 4) is 67.3 Å². The summed E-state index contributed by atoms with van der Waals surface area (Å²) in [5.41, 5.74) is 18.3. The number of aromatic nitrogens is 2. The molecule has 0 saturated carbocycles. The summed E-state index contributed by atoms with van der Waals surface area (Å²) in [6.45, 7) is 0. The molecule has 0 fully saturated rings. The second-order valence-electron chi connectivity index (χ2n) is 16.0. The molecule has 12 rings (SSSR count). The Morgan fingerprint density at radius 2 is 0.855 bits per heavy atom. The van der Waals surface area contributed by atoms with Gasteiger partial charge in [0.2, 0.25) is 0 Å². The minimum atomic E-state index is -0.454. The summed E-state index contributed by atoms with van der Waals surface area (Å²) in [7, 11) is 0. The van der Waals surface area contributed by atoms with Gasteiger partial charge in [-0.1, -0.05) is 200 Å². The number of rotatable bonds is 7. The Morgan fingerprint density at radius 3 is 1.61 bits per heavy atom. The fourth-order valence-electron chi connectivity index (χ4n) is 9.76. The van der Waals surface area contributed by atoms with Crippen molar-refractivity contribution in [1.82, 2.24) is 9.97 Å². The summed E-state index contributed by atoms with van der Waals surface area (Å²) >= 11 is 0. The van der Waals surface area contributed by atoms with Crippen molar-refractivity contribution >= 4 is 21.9 Å². The molecule has 0 spiro atoms. The second kappa shape index (κ2) is 14.5. The molecule has 11 aromatic rings. The molecule has 0 N–H and O–H groups in total. The third-order valence-electron chi connectivity index (χ3n) is 12.6. The highest BCUT2D eigenvalue weighted by Gasteiger charge is 2.46. The Hall–Kier alpha value is -8.14. The standard InChI is InChI=1S/C59H38N2O/c1-4-16-41(17-5-1)58-60-54(38-55(61-58)49-24-11-10-22-46(49)43-33-35-57-51(36-43)50-25-13-15-27-56(50)62-57)40-30-28-39(29-31-40)42-32-34-48-47-23-12-14-26-52(47)59(53(48)37-42,44-18-6-2-7-19-44)45-20-8-3-9-21-45/h1-38H. The molecule has 2 heterocycles. The zero-order chi connectivity index (χ0) is 41.0. The summed E-state index contributed by atoms with van der Waals surface area (Å²) in [5.74, 6) is 0.685. The number of benzene rings is 9. The van der Waals surface area contributed by atoms with E-state index in [4.69, 9.17) is 14.4 Å². The van der Waals surface area contributed by atoms with Crippen molar-refractivity contribution in [3.63, 3.8) is 0 Å². The molecule has 1 aliphatic rings. The lowest BCUT2D eigenvalue weighted by atomic mass is 9.67. The Balaban J connectivity index is 0.970. The first-order valence-electron chi connectivity index (χ1n) is 21.1. The van der Waals surface area contributed by atoms with Crippen LogP contribution in [0.3, 0.4) is 0 Å². The van der Waals surface area contributed by atoms with Gasteiger partial charge in [0, 0.05) is 27.5 Å². The minimum absolute atomic E-state index is 0.454. The number of nitrogens with zero attached hydrogens (tertiary/aromatic N) is 2. The summed E-state index contributed by atoms with van der Waals surface area (Å²) < 4.78 is 6.18. The lowest BCUT2D eigenvalue weighted by Crippen LogP contribution is -2.28. The van der Waals surface area contributed by atoms with Crippen molar-refractivity contribution in [2.75, 3.05) is 0 Å². The van der Waals surface area contributed by atoms with Crippen LogP contribution in [0, 0.1) is 0 Å². The maximum absolute atomic E-state index is 6.18. The van der Waals surface area contributed by atoms with Gasteiger partial charge in [-0.15, -0.1) is 0 Å². The van der Waals surface area contributed by atoms with Gasteiger partial charge in [-0.2, -0.15) is 0 Å². The van der Waals surface area contributed by atoms with E-state index in [1.807, 2.05) is 30.3 Å². The van der Waals surface area contributed by atoms with Crippen LogP contribution in [0.4, 0.5) is 0 Å². The van der Waals surface area contributed by atoms with E-state index in [9.17, 15) is 0 Å². The summed E-state index contributed by atoms with van der Waals surface area (Å²) in [6, 6.07) is 82.3. The summed E-state index contributed by atoms with van der Waals surface area (Å²) in [5, 5.41) is 2.21. The predicted molar refractivity (Wildman–Crippen MR) is 254 cm³/mol.